The molecule has 2 aromatic rings. The molecule has 0 spiro atoms. The molecule has 0 bridgehead atoms. The maximum absolute atomic E-state index is 10.4. The van der Waals surface area contributed by atoms with Crippen LogP contribution in [-0.2, 0) is 11.3 Å². The van der Waals surface area contributed by atoms with E-state index in [0.717, 1.165) is 11.2 Å². The lowest BCUT2D eigenvalue weighted by Crippen LogP contribution is -2.03. The van der Waals surface area contributed by atoms with E-state index >= 15 is 0 Å². The Morgan fingerprint density at radius 1 is 1.50 bits per heavy atom. The molecule has 0 fully saturated rings. The lowest BCUT2D eigenvalue weighted by Gasteiger charge is -1.99. The van der Waals surface area contributed by atoms with Gasteiger partial charge in [-0.1, -0.05) is 0 Å². The van der Waals surface area contributed by atoms with Crippen molar-refractivity contribution in [2.45, 2.75) is 13.0 Å². The molecule has 0 saturated carbocycles. The van der Waals surface area contributed by atoms with Crippen LogP contribution in [0.25, 0.3) is 11.2 Å². The Labute approximate surface area is 80.0 Å². The van der Waals surface area contributed by atoms with E-state index in [1.165, 1.54) is 0 Å². The first kappa shape index (κ1) is 8.68. The minimum Gasteiger partial charge on any atom is -0.481 e. The average molecular weight is 191 g/mol. The lowest BCUT2D eigenvalue weighted by atomic mass is 10.4. The van der Waals surface area contributed by atoms with E-state index < -0.39 is 5.97 Å². The topological polar surface area (TPSA) is 68.0 Å². The van der Waals surface area contributed by atoms with E-state index in [2.05, 4.69) is 9.97 Å². The highest BCUT2D eigenvalue weighted by Crippen LogP contribution is 2.08. The molecule has 5 nitrogen and oxygen atoms in total. The number of rotatable bonds is 3. The Morgan fingerprint density at radius 2 is 2.36 bits per heavy atom. The second kappa shape index (κ2) is 3.45. The van der Waals surface area contributed by atoms with Crippen LogP contribution in [0, 0.1) is 0 Å². The zero-order valence-electron chi connectivity index (χ0n) is 7.42. The Hall–Kier alpha value is -1.91. The van der Waals surface area contributed by atoms with Crippen LogP contribution in [0.1, 0.15) is 6.42 Å². The van der Waals surface area contributed by atoms with E-state index in [0.29, 0.717) is 6.54 Å². The molecule has 2 rings (SSSR count). The number of carboxylic acids is 1. The van der Waals surface area contributed by atoms with Gasteiger partial charge in [-0.25, -0.2) is 9.97 Å². The van der Waals surface area contributed by atoms with Crippen molar-refractivity contribution in [2.24, 2.45) is 0 Å². The van der Waals surface area contributed by atoms with Crippen molar-refractivity contribution in [3.8, 4) is 0 Å². The van der Waals surface area contributed by atoms with Crippen LogP contribution in [0.2, 0.25) is 0 Å². The van der Waals surface area contributed by atoms with Crippen molar-refractivity contribution in [3.05, 3.63) is 24.7 Å². The molecule has 0 aliphatic rings. The predicted octanol–water partition coefficient (Wildman–Crippen LogP) is 0.906. The third kappa shape index (κ3) is 1.56. The summed E-state index contributed by atoms with van der Waals surface area (Å²) in [6.07, 6.45) is 3.37. The molecule has 14 heavy (non-hydrogen) atoms. The van der Waals surface area contributed by atoms with Gasteiger partial charge in [0.25, 0.3) is 0 Å². The fourth-order valence-electron chi connectivity index (χ4n) is 1.28. The SMILES string of the molecule is O=C(O)CCn1cnc2cccnc21. The summed E-state index contributed by atoms with van der Waals surface area (Å²) >= 11 is 0. The number of aryl methyl sites for hydroxylation is 1. The van der Waals surface area contributed by atoms with E-state index in [9.17, 15) is 4.79 Å². The third-order valence-corrected chi connectivity index (χ3v) is 1.94. The Kier molecular flexibility index (Phi) is 2.14. The largest absolute Gasteiger partial charge is 0.481 e. The normalized spacial score (nSPS) is 10.6. The van der Waals surface area contributed by atoms with Crippen molar-refractivity contribution in [1.29, 1.82) is 0 Å². The Morgan fingerprint density at radius 3 is 3.14 bits per heavy atom. The van der Waals surface area contributed by atoms with Crippen molar-refractivity contribution >= 4 is 17.1 Å². The van der Waals surface area contributed by atoms with Gasteiger partial charge in [-0.15, -0.1) is 0 Å². The van der Waals surface area contributed by atoms with Crippen LogP contribution < -0.4 is 0 Å². The first-order valence-electron chi connectivity index (χ1n) is 4.25. The molecule has 2 aromatic heterocycles. The third-order valence-electron chi connectivity index (χ3n) is 1.94. The minimum absolute atomic E-state index is 0.0854. The zero-order chi connectivity index (χ0) is 9.97. The second-order valence-corrected chi connectivity index (χ2v) is 2.93. The molecule has 0 aromatic carbocycles. The van der Waals surface area contributed by atoms with Gasteiger partial charge in [-0.3, -0.25) is 4.79 Å². The van der Waals surface area contributed by atoms with Crippen molar-refractivity contribution in [3.63, 3.8) is 0 Å². The number of carboxylic acid groups (broad SMARTS) is 1. The van der Waals surface area contributed by atoms with Crippen LogP contribution in [0.5, 0.6) is 0 Å². The number of aromatic nitrogens is 3. The highest BCUT2D eigenvalue weighted by molar-refractivity contribution is 5.71. The van der Waals surface area contributed by atoms with E-state index in [-0.39, 0.29) is 6.42 Å². The van der Waals surface area contributed by atoms with E-state index in [1.807, 2.05) is 6.07 Å². The standard InChI is InChI=1S/C9H9N3O2/c13-8(14)3-5-12-6-11-7-2-1-4-10-9(7)12/h1-2,4,6H,3,5H2,(H,13,14). The zero-order valence-corrected chi connectivity index (χ0v) is 7.42. The highest BCUT2D eigenvalue weighted by atomic mass is 16.4. The van der Waals surface area contributed by atoms with Gasteiger partial charge >= 0.3 is 5.97 Å². The summed E-state index contributed by atoms with van der Waals surface area (Å²) in [6, 6.07) is 3.65. The predicted molar refractivity (Wildman–Crippen MR) is 49.8 cm³/mol. The number of aliphatic carboxylic acids is 1. The van der Waals surface area contributed by atoms with Crippen LogP contribution in [0.4, 0.5) is 0 Å². The van der Waals surface area contributed by atoms with Gasteiger partial charge in [0.1, 0.15) is 5.52 Å². The van der Waals surface area contributed by atoms with Gasteiger partial charge < -0.3 is 9.67 Å². The smallest absolute Gasteiger partial charge is 0.305 e. The van der Waals surface area contributed by atoms with Gasteiger partial charge in [0.05, 0.1) is 12.7 Å². The second-order valence-electron chi connectivity index (χ2n) is 2.93. The number of carbonyl (C=O) groups is 1. The molecule has 5 heteroatoms. The summed E-state index contributed by atoms with van der Waals surface area (Å²) in [5.41, 5.74) is 1.52. The average Bonchev–Trinajstić information content (AvgIpc) is 2.58. The molecule has 0 unspecified atom stereocenters. The van der Waals surface area contributed by atoms with Crippen LogP contribution in [-0.4, -0.2) is 25.6 Å². The maximum Gasteiger partial charge on any atom is 0.305 e. The van der Waals surface area contributed by atoms with Crippen molar-refractivity contribution < 1.29 is 9.90 Å². The summed E-state index contributed by atoms with van der Waals surface area (Å²) in [5.74, 6) is -0.817. The number of fused-ring (bicyclic) bond motifs is 1. The fraction of sp³-hybridized carbons (Fsp3) is 0.222. The van der Waals surface area contributed by atoms with Gasteiger partial charge in [-0.2, -0.15) is 0 Å². The highest BCUT2D eigenvalue weighted by Gasteiger charge is 2.04. The molecule has 2 heterocycles. The molecule has 0 aliphatic heterocycles. The number of pyridine rings is 1. The molecule has 1 N–H and O–H groups in total. The summed E-state index contributed by atoms with van der Waals surface area (Å²) in [4.78, 5) is 18.6. The first-order valence-corrected chi connectivity index (χ1v) is 4.25. The van der Waals surface area contributed by atoms with E-state index in [1.54, 1.807) is 23.2 Å². The maximum atomic E-state index is 10.4. The summed E-state index contributed by atoms with van der Waals surface area (Å²) in [5, 5.41) is 8.53. The van der Waals surface area contributed by atoms with Crippen molar-refractivity contribution in [1.82, 2.24) is 14.5 Å². The summed E-state index contributed by atoms with van der Waals surface area (Å²) in [6.45, 7) is 0.406. The van der Waals surface area contributed by atoms with Crippen LogP contribution in [0.3, 0.4) is 0 Å². The van der Waals surface area contributed by atoms with Crippen LogP contribution in [0.15, 0.2) is 24.7 Å². The molecule has 0 amide bonds. The first-order chi connectivity index (χ1) is 6.77. The molecular formula is C9H9N3O2. The van der Waals surface area contributed by atoms with Gasteiger partial charge in [-0.05, 0) is 12.1 Å². The Balaban J connectivity index is 2.29. The molecular weight excluding hydrogens is 182 g/mol. The minimum atomic E-state index is -0.817. The molecule has 0 radical (unpaired) electrons. The monoisotopic (exact) mass is 191 g/mol. The van der Waals surface area contributed by atoms with Gasteiger partial charge in [0, 0.05) is 12.7 Å². The number of imidazole rings is 1. The van der Waals surface area contributed by atoms with Crippen LogP contribution >= 0.6 is 0 Å². The van der Waals surface area contributed by atoms with Crippen molar-refractivity contribution in [2.75, 3.05) is 0 Å². The molecule has 0 saturated heterocycles. The molecule has 72 valence electrons. The Bertz CT molecular complexity index is 464. The summed E-state index contributed by atoms with van der Waals surface area (Å²) in [7, 11) is 0. The lowest BCUT2D eigenvalue weighted by molar-refractivity contribution is -0.137. The number of nitrogens with zero attached hydrogens (tertiary/aromatic N) is 3. The summed E-state index contributed by atoms with van der Waals surface area (Å²) < 4.78 is 1.74. The number of hydrogen-bond acceptors (Lipinski definition) is 3. The molecule has 0 aliphatic carbocycles. The number of hydrogen-bond donors (Lipinski definition) is 1. The molecule has 0 atom stereocenters. The van der Waals surface area contributed by atoms with E-state index in [4.69, 9.17) is 5.11 Å². The quantitative estimate of drug-likeness (QED) is 0.782. The van der Waals surface area contributed by atoms with Gasteiger partial charge in [0.15, 0.2) is 5.65 Å². The van der Waals surface area contributed by atoms with Gasteiger partial charge in [0.2, 0.25) is 0 Å². The fourth-order valence-corrected chi connectivity index (χ4v) is 1.28.